The molecule has 0 unspecified atom stereocenters. The summed E-state index contributed by atoms with van der Waals surface area (Å²) in [4.78, 5) is 23.5. The quantitative estimate of drug-likeness (QED) is 0.541. The lowest BCUT2D eigenvalue weighted by atomic mass is 10.1. The highest BCUT2D eigenvalue weighted by Gasteiger charge is 2.21. The van der Waals surface area contributed by atoms with E-state index in [2.05, 4.69) is 25.4 Å². The summed E-state index contributed by atoms with van der Waals surface area (Å²) in [6, 6.07) is 7.87. The van der Waals surface area contributed by atoms with E-state index >= 15 is 0 Å². The van der Waals surface area contributed by atoms with Crippen molar-refractivity contribution in [2.45, 2.75) is 19.3 Å². The van der Waals surface area contributed by atoms with Gasteiger partial charge < -0.3 is 25.3 Å². The molecule has 7 nitrogen and oxygen atoms in total. The van der Waals surface area contributed by atoms with Gasteiger partial charge in [-0.3, -0.25) is 9.79 Å². The summed E-state index contributed by atoms with van der Waals surface area (Å²) in [5.74, 6) is 0.801. The molecule has 1 aromatic carbocycles. The number of carbonyl (C=O) groups is 1. The maximum atomic E-state index is 12.6. The number of guanidine groups is 1. The average molecular weight is 421 g/mol. The van der Waals surface area contributed by atoms with Gasteiger partial charge in [-0.15, -0.1) is 0 Å². The fourth-order valence-corrected chi connectivity index (χ4v) is 4.00. The van der Waals surface area contributed by atoms with E-state index in [4.69, 9.17) is 11.6 Å². The Morgan fingerprint density at radius 3 is 2.34 bits per heavy atom. The molecule has 0 radical (unpaired) electrons. The van der Waals surface area contributed by atoms with Crippen LogP contribution in [-0.2, 0) is 4.79 Å². The van der Waals surface area contributed by atoms with E-state index in [-0.39, 0.29) is 12.5 Å². The number of piperidine rings is 1. The minimum Gasteiger partial charge on any atom is -0.368 e. The van der Waals surface area contributed by atoms with E-state index in [1.807, 2.05) is 29.2 Å². The van der Waals surface area contributed by atoms with Crippen LogP contribution >= 0.6 is 11.6 Å². The zero-order chi connectivity index (χ0) is 20.5. The van der Waals surface area contributed by atoms with Crippen molar-refractivity contribution in [3.63, 3.8) is 0 Å². The normalized spacial score (nSPS) is 18.6. The van der Waals surface area contributed by atoms with Gasteiger partial charge in [-0.25, -0.2) is 0 Å². The second-order valence-corrected chi connectivity index (χ2v) is 8.04. The third-order valence-corrected chi connectivity index (χ3v) is 5.88. The van der Waals surface area contributed by atoms with Gasteiger partial charge in [-0.2, -0.15) is 0 Å². The Kier molecular flexibility index (Phi) is 8.43. The van der Waals surface area contributed by atoms with Crippen LogP contribution in [0.1, 0.15) is 19.3 Å². The fourth-order valence-electron chi connectivity index (χ4n) is 3.87. The number of hydrogen-bond donors (Lipinski definition) is 2. The van der Waals surface area contributed by atoms with Crippen molar-refractivity contribution < 1.29 is 4.79 Å². The Hall–Kier alpha value is -1.99. The van der Waals surface area contributed by atoms with Crippen LogP contribution in [0.15, 0.2) is 29.3 Å². The Morgan fingerprint density at radius 2 is 1.69 bits per heavy atom. The van der Waals surface area contributed by atoms with Gasteiger partial charge in [-0.05, 0) is 50.2 Å². The number of aliphatic imine (C=N–C) groups is 1. The molecule has 0 atom stereocenters. The summed E-state index contributed by atoms with van der Waals surface area (Å²) in [6.45, 7) is 7.61. The average Bonchev–Trinajstić information content (AvgIpc) is 2.77. The predicted molar refractivity (Wildman–Crippen MR) is 120 cm³/mol. The number of rotatable bonds is 6. The minimum atomic E-state index is 0.111. The molecule has 0 bridgehead atoms. The van der Waals surface area contributed by atoms with E-state index in [1.54, 1.807) is 7.05 Å². The van der Waals surface area contributed by atoms with Crippen molar-refractivity contribution in [3.8, 4) is 0 Å². The highest BCUT2D eigenvalue weighted by molar-refractivity contribution is 6.30. The number of nitrogens with one attached hydrogen (secondary N) is 2. The zero-order valence-corrected chi connectivity index (χ0v) is 18.1. The fraction of sp³-hybridized carbons (Fsp3) is 0.619. The lowest BCUT2D eigenvalue weighted by molar-refractivity contribution is -0.130. The van der Waals surface area contributed by atoms with Crippen molar-refractivity contribution in [1.29, 1.82) is 0 Å². The van der Waals surface area contributed by atoms with Crippen LogP contribution < -0.4 is 15.5 Å². The predicted octanol–water partition coefficient (Wildman–Crippen LogP) is 1.64. The van der Waals surface area contributed by atoms with Crippen molar-refractivity contribution in [1.82, 2.24) is 20.4 Å². The Balaban J connectivity index is 1.34. The first-order valence-corrected chi connectivity index (χ1v) is 11.0. The van der Waals surface area contributed by atoms with E-state index in [1.165, 1.54) is 32.4 Å². The zero-order valence-electron chi connectivity index (χ0n) is 17.4. The summed E-state index contributed by atoms with van der Waals surface area (Å²) in [6.07, 6.45) is 3.95. The monoisotopic (exact) mass is 420 g/mol. The van der Waals surface area contributed by atoms with Gasteiger partial charge in [0.05, 0.1) is 6.54 Å². The number of likely N-dealkylation sites (tertiary alicyclic amines) is 1. The molecule has 0 aliphatic carbocycles. The molecule has 2 heterocycles. The highest BCUT2D eigenvalue weighted by Crippen LogP contribution is 2.19. The van der Waals surface area contributed by atoms with Gasteiger partial charge in [0.1, 0.15) is 0 Å². The number of nitrogens with zero attached hydrogens (tertiary/aromatic N) is 4. The van der Waals surface area contributed by atoms with Crippen LogP contribution in [0.2, 0.25) is 5.02 Å². The molecular formula is C21H33ClN6O. The Morgan fingerprint density at radius 1 is 1.00 bits per heavy atom. The molecule has 3 rings (SSSR count). The van der Waals surface area contributed by atoms with E-state index in [0.29, 0.717) is 5.96 Å². The molecule has 8 heteroatoms. The molecule has 2 saturated heterocycles. The summed E-state index contributed by atoms with van der Waals surface area (Å²) in [5, 5.41) is 7.21. The molecule has 0 saturated carbocycles. The number of carbonyl (C=O) groups excluding carboxylic acids is 1. The topological polar surface area (TPSA) is 63.2 Å². The molecular weight excluding hydrogens is 388 g/mol. The van der Waals surface area contributed by atoms with Crippen molar-refractivity contribution >= 4 is 29.2 Å². The molecule has 2 fully saturated rings. The van der Waals surface area contributed by atoms with Crippen LogP contribution in [-0.4, -0.2) is 87.6 Å². The molecule has 160 valence electrons. The number of piperazine rings is 1. The minimum absolute atomic E-state index is 0.111. The van der Waals surface area contributed by atoms with Gasteiger partial charge in [0, 0.05) is 57.0 Å². The number of amides is 1. The van der Waals surface area contributed by atoms with Gasteiger partial charge in [-0.1, -0.05) is 18.0 Å². The molecule has 2 aliphatic rings. The molecule has 0 aromatic heterocycles. The summed E-state index contributed by atoms with van der Waals surface area (Å²) in [7, 11) is 1.74. The third-order valence-electron chi connectivity index (χ3n) is 5.62. The van der Waals surface area contributed by atoms with Crippen molar-refractivity contribution in [3.05, 3.63) is 29.3 Å². The van der Waals surface area contributed by atoms with Crippen molar-refractivity contribution in [2.24, 2.45) is 4.99 Å². The smallest absolute Gasteiger partial charge is 0.242 e. The molecule has 0 spiro atoms. The summed E-state index contributed by atoms with van der Waals surface area (Å²) >= 11 is 5.96. The maximum Gasteiger partial charge on any atom is 0.242 e. The van der Waals surface area contributed by atoms with Gasteiger partial charge >= 0.3 is 0 Å². The standard InChI is InChI=1S/C21H33ClN6O/c1-23-21(24-9-12-26-10-3-2-4-11-26)25-17-20(29)28-15-13-27(14-16-28)19-7-5-18(22)6-8-19/h5-8H,2-4,9-17H2,1H3,(H2,23,24,25). The first-order chi connectivity index (χ1) is 14.2. The molecule has 1 aromatic rings. The van der Waals surface area contributed by atoms with Crippen LogP contribution in [0.4, 0.5) is 5.69 Å². The molecule has 2 aliphatic heterocycles. The van der Waals surface area contributed by atoms with E-state index < -0.39 is 0 Å². The molecule has 2 N–H and O–H groups in total. The van der Waals surface area contributed by atoms with E-state index in [0.717, 1.165) is 50.0 Å². The van der Waals surface area contributed by atoms with Crippen LogP contribution in [0.25, 0.3) is 0 Å². The molecule has 1 amide bonds. The van der Waals surface area contributed by atoms with Gasteiger partial charge in [0.2, 0.25) is 5.91 Å². The second-order valence-electron chi connectivity index (χ2n) is 7.60. The van der Waals surface area contributed by atoms with Gasteiger partial charge in [0.25, 0.3) is 0 Å². The highest BCUT2D eigenvalue weighted by atomic mass is 35.5. The van der Waals surface area contributed by atoms with Crippen molar-refractivity contribution in [2.75, 3.05) is 70.9 Å². The molecule has 29 heavy (non-hydrogen) atoms. The summed E-state index contributed by atoms with van der Waals surface area (Å²) in [5.41, 5.74) is 1.15. The lowest BCUT2D eigenvalue weighted by Gasteiger charge is -2.36. The lowest BCUT2D eigenvalue weighted by Crippen LogP contribution is -2.52. The number of halogens is 1. The van der Waals surface area contributed by atoms with Crippen LogP contribution in [0.3, 0.4) is 0 Å². The Labute approximate surface area is 179 Å². The second kappa shape index (κ2) is 11.3. The number of benzene rings is 1. The number of anilines is 1. The third kappa shape index (κ3) is 6.78. The van der Waals surface area contributed by atoms with E-state index in [9.17, 15) is 4.79 Å². The maximum absolute atomic E-state index is 12.6. The van der Waals surface area contributed by atoms with Crippen LogP contribution in [0, 0.1) is 0 Å². The first kappa shape index (κ1) is 21.7. The van der Waals surface area contributed by atoms with Gasteiger partial charge in [0.15, 0.2) is 5.96 Å². The largest absolute Gasteiger partial charge is 0.368 e. The Bertz CT molecular complexity index is 666. The first-order valence-electron chi connectivity index (χ1n) is 10.6. The number of hydrogen-bond acceptors (Lipinski definition) is 4. The van der Waals surface area contributed by atoms with Crippen LogP contribution in [0.5, 0.6) is 0 Å². The summed E-state index contributed by atoms with van der Waals surface area (Å²) < 4.78 is 0. The SMILES string of the molecule is CN=C(NCCN1CCCCC1)NCC(=O)N1CCN(c2ccc(Cl)cc2)CC1.